The summed E-state index contributed by atoms with van der Waals surface area (Å²) in [7, 11) is 0. The van der Waals surface area contributed by atoms with Crippen molar-refractivity contribution in [2.45, 2.75) is 45.4 Å². The first-order valence-corrected chi connectivity index (χ1v) is 7.49. The molecule has 1 rings (SSSR count). The maximum atomic E-state index is 12.0. The normalized spacial score (nSPS) is 10.8. The number of hydrogen-bond acceptors (Lipinski definition) is 3. The Hall–Kier alpha value is -1.13. The zero-order valence-electron chi connectivity index (χ0n) is 12.2. The smallest absolute Gasteiger partial charge is 0.251 e. The number of carbonyl (C=O) groups excluding carboxylic acids is 1. The molecule has 0 aliphatic heterocycles. The van der Waals surface area contributed by atoms with Crippen molar-refractivity contribution in [1.29, 1.82) is 0 Å². The standard InChI is InChI=1S/C15H23ClN2O2/c1-11(2)13-9-12(10-14(16)18-13)15(20)17-7-5-3-4-6-8-19/h9-11,19H,3-8H2,1-2H3,(H,17,20). The molecule has 5 heteroatoms. The third kappa shape index (κ3) is 5.88. The number of nitrogens with one attached hydrogen (secondary N) is 1. The van der Waals surface area contributed by atoms with Gasteiger partial charge >= 0.3 is 0 Å². The maximum Gasteiger partial charge on any atom is 0.251 e. The Morgan fingerprint density at radius 1 is 1.30 bits per heavy atom. The van der Waals surface area contributed by atoms with Crippen LogP contribution in [0.4, 0.5) is 0 Å². The van der Waals surface area contributed by atoms with Crippen molar-refractivity contribution in [3.63, 3.8) is 0 Å². The first-order valence-electron chi connectivity index (χ1n) is 7.11. The Morgan fingerprint density at radius 3 is 2.65 bits per heavy atom. The van der Waals surface area contributed by atoms with Crippen LogP contribution in [0.1, 0.15) is 61.5 Å². The van der Waals surface area contributed by atoms with Gasteiger partial charge in [-0.3, -0.25) is 4.79 Å². The number of halogens is 1. The number of hydrogen-bond donors (Lipinski definition) is 2. The highest BCUT2D eigenvalue weighted by Crippen LogP contribution is 2.17. The lowest BCUT2D eigenvalue weighted by atomic mass is 10.1. The highest BCUT2D eigenvalue weighted by atomic mass is 35.5. The fraction of sp³-hybridized carbons (Fsp3) is 0.600. The van der Waals surface area contributed by atoms with Crippen molar-refractivity contribution < 1.29 is 9.90 Å². The molecule has 0 saturated carbocycles. The van der Waals surface area contributed by atoms with Crippen LogP contribution >= 0.6 is 11.6 Å². The number of carbonyl (C=O) groups is 1. The molecule has 0 aliphatic carbocycles. The van der Waals surface area contributed by atoms with Gasteiger partial charge in [-0.05, 0) is 30.9 Å². The van der Waals surface area contributed by atoms with Crippen LogP contribution in [0.3, 0.4) is 0 Å². The zero-order chi connectivity index (χ0) is 15.0. The molecule has 0 aliphatic rings. The van der Waals surface area contributed by atoms with Crippen molar-refractivity contribution in [3.05, 3.63) is 28.5 Å². The first-order chi connectivity index (χ1) is 9.54. The lowest BCUT2D eigenvalue weighted by molar-refractivity contribution is 0.0952. The number of unbranched alkanes of at least 4 members (excludes halogenated alkanes) is 3. The van der Waals surface area contributed by atoms with Crippen LogP contribution in [0.5, 0.6) is 0 Å². The van der Waals surface area contributed by atoms with E-state index in [4.69, 9.17) is 16.7 Å². The molecule has 0 atom stereocenters. The Balaban J connectivity index is 2.47. The molecular formula is C15H23ClN2O2. The van der Waals surface area contributed by atoms with E-state index in [1.165, 1.54) is 0 Å². The Kier molecular flexibility index (Phi) is 7.55. The van der Waals surface area contributed by atoms with Crippen LogP contribution in [0.15, 0.2) is 12.1 Å². The molecule has 4 nitrogen and oxygen atoms in total. The first kappa shape index (κ1) is 16.9. The van der Waals surface area contributed by atoms with Gasteiger partial charge in [-0.2, -0.15) is 0 Å². The molecule has 0 spiro atoms. The van der Waals surface area contributed by atoms with Gasteiger partial charge in [0.15, 0.2) is 0 Å². The van der Waals surface area contributed by atoms with E-state index in [1.54, 1.807) is 12.1 Å². The quantitative estimate of drug-likeness (QED) is 0.572. The van der Waals surface area contributed by atoms with Crippen LogP contribution in [0, 0.1) is 0 Å². The van der Waals surface area contributed by atoms with E-state index < -0.39 is 0 Å². The Bertz CT molecular complexity index is 436. The van der Waals surface area contributed by atoms with Crippen molar-refractivity contribution in [3.8, 4) is 0 Å². The van der Waals surface area contributed by atoms with E-state index >= 15 is 0 Å². The number of aliphatic hydroxyl groups excluding tert-OH is 1. The summed E-state index contributed by atoms with van der Waals surface area (Å²) in [5, 5.41) is 11.9. The molecule has 1 heterocycles. The minimum absolute atomic E-state index is 0.113. The molecule has 1 aromatic rings. The van der Waals surface area contributed by atoms with Crippen LogP contribution in [0.25, 0.3) is 0 Å². The highest BCUT2D eigenvalue weighted by molar-refractivity contribution is 6.29. The number of pyridine rings is 1. The average Bonchev–Trinajstić information content (AvgIpc) is 2.41. The molecule has 20 heavy (non-hydrogen) atoms. The van der Waals surface area contributed by atoms with Gasteiger partial charge in [0.1, 0.15) is 5.15 Å². The van der Waals surface area contributed by atoms with Gasteiger partial charge in [0.25, 0.3) is 5.91 Å². The highest BCUT2D eigenvalue weighted by Gasteiger charge is 2.10. The number of amides is 1. The molecule has 112 valence electrons. The molecule has 0 bridgehead atoms. The van der Waals surface area contributed by atoms with E-state index in [-0.39, 0.29) is 18.4 Å². The van der Waals surface area contributed by atoms with Crippen LogP contribution < -0.4 is 5.32 Å². The van der Waals surface area contributed by atoms with Crippen molar-refractivity contribution >= 4 is 17.5 Å². The van der Waals surface area contributed by atoms with Gasteiger partial charge < -0.3 is 10.4 Å². The summed E-state index contributed by atoms with van der Waals surface area (Å²) >= 11 is 5.94. The summed E-state index contributed by atoms with van der Waals surface area (Å²) in [5.41, 5.74) is 1.38. The Morgan fingerprint density at radius 2 is 2.00 bits per heavy atom. The maximum absolute atomic E-state index is 12.0. The number of aromatic nitrogens is 1. The van der Waals surface area contributed by atoms with E-state index in [9.17, 15) is 4.79 Å². The monoisotopic (exact) mass is 298 g/mol. The topological polar surface area (TPSA) is 62.2 Å². The summed E-state index contributed by atoms with van der Waals surface area (Å²) in [6.07, 6.45) is 3.74. The van der Waals surface area contributed by atoms with Crippen molar-refractivity contribution in [1.82, 2.24) is 10.3 Å². The minimum Gasteiger partial charge on any atom is -0.396 e. The molecule has 0 saturated heterocycles. The largest absolute Gasteiger partial charge is 0.396 e. The molecular weight excluding hydrogens is 276 g/mol. The van der Waals surface area contributed by atoms with E-state index in [0.717, 1.165) is 31.4 Å². The number of aliphatic hydroxyl groups is 1. The molecule has 0 unspecified atom stereocenters. The molecule has 2 N–H and O–H groups in total. The molecule has 1 amide bonds. The second-order valence-corrected chi connectivity index (χ2v) is 5.54. The Labute approximate surface area is 125 Å². The van der Waals surface area contributed by atoms with E-state index in [2.05, 4.69) is 10.3 Å². The fourth-order valence-corrected chi connectivity index (χ4v) is 2.05. The third-order valence-corrected chi connectivity index (χ3v) is 3.23. The van der Waals surface area contributed by atoms with Gasteiger partial charge in [-0.25, -0.2) is 4.98 Å². The number of nitrogens with zero attached hydrogens (tertiary/aromatic N) is 1. The van der Waals surface area contributed by atoms with Gasteiger partial charge in [0, 0.05) is 24.4 Å². The second-order valence-electron chi connectivity index (χ2n) is 5.15. The molecule has 0 radical (unpaired) electrons. The SMILES string of the molecule is CC(C)c1cc(C(=O)NCCCCCCO)cc(Cl)n1. The zero-order valence-corrected chi connectivity index (χ0v) is 12.9. The van der Waals surface area contributed by atoms with Crippen LogP contribution in [0.2, 0.25) is 5.15 Å². The second kappa shape index (κ2) is 8.93. The van der Waals surface area contributed by atoms with Gasteiger partial charge in [0.05, 0.1) is 0 Å². The van der Waals surface area contributed by atoms with Crippen LogP contribution in [-0.4, -0.2) is 29.1 Å². The van der Waals surface area contributed by atoms with Crippen LogP contribution in [-0.2, 0) is 0 Å². The van der Waals surface area contributed by atoms with Crippen molar-refractivity contribution in [2.24, 2.45) is 0 Å². The molecule has 0 fully saturated rings. The van der Waals surface area contributed by atoms with E-state index in [0.29, 0.717) is 17.3 Å². The third-order valence-electron chi connectivity index (χ3n) is 3.04. The summed E-state index contributed by atoms with van der Waals surface area (Å²) in [6.45, 7) is 4.91. The van der Waals surface area contributed by atoms with Gasteiger partial charge in [0.2, 0.25) is 0 Å². The lowest BCUT2D eigenvalue weighted by Crippen LogP contribution is -2.24. The molecule has 0 aromatic carbocycles. The van der Waals surface area contributed by atoms with E-state index in [1.807, 2.05) is 13.8 Å². The summed E-state index contributed by atoms with van der Waals surface area (Å²) < 4.78 is 0. The minimum atomic E-state index is -0.113. The lowest BCUT2D eigenvalue weighted by Gasteiger charge is -2.09. The predicted octanol–water partition coefficient (Wildman–Crippen LogP) is 3.14. The van der Waals surface area contributed by atoms with Crippen molar-refractivity contribution in [2.75, 3.05) is 13.2 Å². The summed E-state index contributed by atoms with van der Waals surface area (Å²) in [5.74, 6) is 0.122. The molecule has 1 aromatic heterocycles. The van der Waals surface area contributed by atoms with Gasteiger partial charge in [-0.15, -0.1) is 0 Å². The van der Waals surface area contributed by atoms with Gasteiger partial charge in [-0.1, -0.05) is 38.3 Å². The average molecular weight is 299 g/mol. The predicted molar refractivity (Wildman–Crippen MR) is 81.2 cm³/mol. The summed E-state index contributed by atoms with van der Waals surface area (Å²) in [4.78, 5) is 16.2. The number of rotatable bonds is 8. The fourth-order valence-electron chi connectivity index (χ4n) is 1.84. The summed E-state index contributed by atoms with van der Waals surface area (Å²) in [6, 6.07) is 3.38.